The summed E-state index contributed by atoms with van der Waals surface area (Å²) in [6, 6.07) is 12.2. The molecule has 0 bridgehead atoms. The first kappa shape index (κ1) is 14.2. The smallest absolute Gasteiger partial charge is 0.253 e. The Kier molecular flexibility index (Phi) is 4.48. The van der Waals surface area contributed by atoms with E-state index in [0.717, 1.165) is 5.56 Å². The summed E-state index contributed by atoms with van der Waals surface area (Å²) in [5.41, 5.74) is 7.61. The monoisotopic (exact) mass is 290 g/mol. The van der Waals surface area contributed by atoms with Crippen LogP contribution in [0.3, 0.4) is 0 Å². The molecule has 2 aromatic carbocycles. The summed E-state index contributed by atoms with van der Waals surface area (Å²) in [5, 5.41) is 3.22. The highest BCUT2D eigenvalue weighted by molar-refractivity contribution is 6.33. The third kappa shape index (κ3) is 3.22. The number of nitrogens with two attached hydrogens (primary N) is 1. The molecule has 0 spiro atoms. The van der Waals surface area contributed by atoms with Crippen molar-refractivity contribution in [1.29, 1.82) is 0 Å². The van der Waals surface area contributed by atoms with Crippen LogP contribution in [0.25, 0.3) is 0 Å². The van der Waals surface area contributed by atoms with Crippen LogP contribution in [0.15, 0.2) is 42.5 Å². The summed E-state index contributed by atoms with van der Waals surface area (Å²) in [4.78, 5) is 12.1. The van der Waals surface area contributed by atoms with Crippen molar-refractivity contribution >= 4 is 23.2 Å². The van der Waals surface area contributed by atoms with Crippen LogP contribution >= 0.6 is 11.6 Å². The molecule has 3 N–H and O–H groups in total. The van der Waals surface area contributed by atoms with Gasteiger partial charge < -0.3 is 15.8 Å². The van der Waals surface area contributed by atoms with Gasteiger partial charge in [0.25, 0.3) is 5.91 Å². The Hall–Kier alpha value is -2.20. The Morgan fingerprint density at radius 1 is 1.30 bits per heavy atom. The minimum absolute atomic E-state index is 0.236. The number of hydrogen-bond donors (Lipinski definition) is 2. The lowest BCUT2D eigenvalue weighted by molar-refractivity contribution is 0.0951. The minimum Gasteiger partial charge on any atom is -0.496 e. The van der Waals surface area contributed by atoms with E-state index in [1.165, 1.54) is 0 Å². The van der Waals surface area contributed by atoms with Crippen molar-refractivity contribution in [1.82, 2.24) is 5.32 Å². The SMILES string of the molecule is COc1ccc(N)cc1CNC(=O)c1ccccc1Cl. The number of benzene rings is 2. The van der Waals surface area contributed by atoms with Crippen LogP contribution in [0.2, 0.25) is 5.02 Å². The van der Waals surface area contributed by atoms with Crippen LogP contribution in [-0.4, -0.2) is 13.0 Å². The number of methoxy groups -OCH3 is 1. The third-order valence-corrected chi connectivity index (χ3v) is 3.19. The molecule has 0 radical (unpaired) electrons. The predicted molar refractivity (Wildman–Crippen MR) is 80.0 cm³/mol. The highest BCUT2D eigenvalue weighted by Crippen LogP contribution is 2.21. The number of nitrogen functional groups attached to an aromatic ring is 1. The number of carbonyl (C=O) groups excluding carboxylic acids is 1. The average Bonchev–Trinajstić information content (AvgIpc) is 2.45. The van der Waals surface area contributed by atoms with Gasteiger partial charge in [0.1, 0.15) is 5.75 Å². The van der Waals surface area contributed by atoms with Crippen LogP contribution in [-0.2, 0) is 6.54 Å². The van der Waals surface area contributed by atoms with Crippen molar-refractivity contribution in [3.63, 3.8) is 0 Å². The zero-order valence-corrected chi connectivity index (χ0v) is 11.8. The Labute approximate surface area is 122 Å². The molecular weight excluding hydrogens is 276 g/mol. The molecule has 0 unspecified atom stereocenters. The molecule has 0 fully saturated rings. The molecule has 0 atom stereocenters. The lowest BCUT2D eigenvalue weighted by Crippen LogP contribution is -2.23. The zero-order valence-electron chi connectivity index (χ0n) is 11.0. The van der Waals surface area contributed by atoms with E-state index >= 15 is 0 Å². The Morgan fingerprint density at radius 3 is 2.75 bits per heavy atom. The fourth-order valence-electron chi connectivity index (χ4n) is 1.85. The predicted octanol–water partition coefficient (Wildman–Crippen LogP) is 2.86. The van der Waals surface area contributed by atoms with Crippen molar-refractivity contribution in [3.8, 4) is 5.75 Å². The summed E-state index contributed by atoms with van der Waals surface area (Å²) in [5.74, 6) is 0.443. The van der Waals surface area contributed by atoms with E-state index in [9.17, 15) is 4.79 Å². The van der Waals surface area contributed by atoms with Crippen molar-refractivity contribution in [2.24, 2.45) is 0 Å². The largest absolute Gasteiger partial charge is 0.496 e. The standard InChI is InChI=1S/C15H15ClN2O2/c1-20-14-7-6-11(17)8-10(14)9-18-15(19)12-4-2-3-5-13(12)16/h2-8H,9,17H2,1H3,(H,18,19). The second-order valence-electron chi connectivity index (χ2n) is 4.23. The quantitative estimate of drug-likeness (QED) is 0.851. The number of halogens is 1. The lowest BCUT2D eigenvalue weighted by atomic mass is 10.1. The number of hydrogen-bond acceptors (Lipinski definition) is 3. The molecule has 0 saturated heterocycles. The highest BCUT2D eigenvalue weighted by Gasteiger charge is 2.10. The van der Waals surface area contributed by atoms with Gasteiger partial charge in [-0.3, -0.25) is 4.79 Å². The summed E-state index contributed by atoms with van der Waals surface area (Å²) in [6.07, 6.45) is 0. The van der Waals surface area contributed by atoms with Gasteiger partial charge in [-0.15, -0.1) is 0 Å². The average molecular weight is 291 g/mol. The van der Waals surface area contributed by atoms with E-state index in [0.29, 0.717) is 28.6 Å². The van der Waals surface area contributed by atoms with E-state index in [-0.39, 0.29) is 5.91 Å². The van der Waals surface area contributed by atoms with Gasteiger partial charge in [-0.2, -0.15) is 0 Å². The molecule has 0 aliphatic rings. The van der Waals surface area contributed by atoms with Crippen LogP contribution in [0.5, 0.6) is 5.75 Å². The zero-order chi connectivity index (χ0) is 14.5. The van der Waals surface area contributed by atoms with Gasteiger partial charge in [0, 0.05) is 17.8 Å². The summed E-state index contributed by atoms with van der Waals surface area (Å²) < 4.78 is 5.23. The lowest BCUT2D eigenvalue weighted by Gasteiger charge is -2.11. The number of ether oxygens (including phenoxy) is 1. The number of amides is 1. The van der Waals surface area contributed by atoms with Gasteiger partial charge in [0.05, 0.1) is 17.7 Å². The molecule has 0 aliphatic carbocycles. The van der Waals surface area contributed by atoms with Gasteiger partial charge in [0.2, 0.25) is 0 Å². The first-order valence-corrected chi connectivity index (χ1v) is 6.44. The van der Waals surface area contributed by atoms with Gasteiger partial charge in [-0.1, -0.05) is 23.7 Å². The van der Waals surface area contributed by atoms with E-state index in [2.05, 4.69) is 5.32 Å². The van der Waals surface area contributed by atoms with Crippen LogP contribution < -0.4 is 15.8 Å². The second kappa shape index (κ2) is 6.30. The van der Waals surface area contributed by atoms with Crippen LogP contribution in [0.1, 0.15) is 15.9 Å². The molecule has 0 aliphatic heterocycles. The number of anilines is 1. The third-order valence-electron chi connectivity index (χ3n) is 2.86. The molecule has 4 nitrogen and oxygen atoms in total. The first-order valence-electron chi connectivity index (χ1n) is 6.07. The molecule has 0 aromatic heterocycles. The van der Waals surface area contributed by atoms with Gasteiger partial charge >= 0.3 is 0 Å². The van der Waals surface area contributed by atoms with Crippen molar-refractivity contribution in [2.45, 2.75) is 6.54 Å². The fraction of sp³-hybridized carbons (Fsp3) is 0.133. The molecule has 5 heteroatoms. The van der Waals surface area contributed by atoms with Gasteiger partial charge in [0.15, 0.2) is 0 Å². The second-order valence-corrected chi connectivity index (χ2v) is 4.64. The van der Waals surface area contributed by atoms with Crippen LogP contribution in [0, 0.1) is 0 Å². The maximum atomic E-state index is 12.1. The van der Waals surface area contributed by atoms with Gasteiger partial charge in [-0.05, 0) is 30.3 Å². The topological polar surface area (TPSA) is 64.3 Å². The van der Waals surface area contributed by atoms with E-state index < -0.39 is 0 Å². The van der Waals surface area contributed by atoms with Crippen LogP contribution in [0.4, 0.5) is 5.69 Å². The Bertz CT molecular complexity index is 629. The molecule has 0 heterocycles. The number of nitrogens with one attached hydrogen (secondary N) is 1. The molecule has 1 amide bonds. The fourth-order valence-corrected chi connectivity index (χ4v) is 2.07. The van der Waals surface area contributed by atoms with Crippen molar-refractivity contribution in [3.05, 3.63) is 58.6 Å². The summed E-state index contributed by atoms with van der Waals surface area (Å²) in [7, 11) is 1.57. The Morgan fingerprint density at radius 2 is 2.05 bits per heavy atom. The summed E-state index contributed by atoms with van der Waals surface area (Å²) >= 11 is 5.98. The normalized spacial score (nSPS) is 10.1. The van der Waals surface area contributed by atoms with E-state index in [1.54, 1.807) is 49.6 Å². The highest BCUT2D eigenvalue weighted by atomic mass is 35.5. The molecule has 2 rings (SSSR count). The maximum absolute atomic E-state index is 12.1. The van der Waals surface area contributed by atoms with Crippen molar-refractivity contribution in [2.75, 3.05) is 12.8 Å². The number of rotatable bonds is 4. The molecule has 20 heavy (non-hydrogen) atoms. The molecular formula is C15H15ClN2O2. The Balaban J connectivity index is 2.11. The summed E-state index contributed by atoms with van der Waals surface area (Å²) in [6.45, 7) is 0.318. The molecule has 104 valence electrons. The van der Waals surface area contributed by atoms with Crippen molar-refractivity contribution < 1.29 is 9.53 Å². The van der Waals surface area contributed by atoms with Gasteiger partial charge in [-0.25, -0.2) is 0 Å². The van der Waals surface area contributed by atoms with E-state index in [1.807, 2.05) is 0 Å². The molecule has 2 aromatic rings. The number of carbonyl (C=O) groups is 1. The first-order chi connectivity index (χ1) is 9.61. The minimum atomic E-state index is -0.236. The van der Waals surface area contributed by atoms with E-state index in [4.69, 9.17) is 22.1 Å². The molecule has 0 saturated carbocycles. The maximum Gasteiger partial charge on any atom is 0.253 e.